The molecular formula is C11H21BrO. The van der Waals surface area contributed by atoms with Crippen molar-refractivity contribution in [1.82, 2.24) is 0 Å². The molecule has 0 aromatic carbocycles. The number of hydrogen-bond donors (Lipinski definition) is 0. The van der Waals surface area contributed by atoms with Gasteiger partial charge in [-0.3, -0.25) is 4.79 Å². The second-order valence-electron chi connectivity index (χ2n) is 4.14. The van der Waals surface area contributed by atoms with E-state index in [2.05, 4.69) is 36.7 Å². The molecule has 0 aliphatic heterocycles. The van der Waals surface area contributed by atoms with Gasteiger partial charge in [-0.15, -0.1) is 0 Å². The van der Waals surface area contributed by atoms with Gasteiger partial charge in [0, 0.05) is 5.41 Å². The van der Waals surface area contributed by atoms with Crippen molar-refractivity contribution in [2.45, 2.75) is 58.2 Å². The van der Waals surface area contributed by atoms with Crippen LogP contribution in [0.25, 0.3) is 0 Å². The van der Waals surface area contributed by atoms with Gasteiger partial charge in [0.1, 0.15) is 0 Å². The number of carbonyl (C=O) groups is 1. The molecule has 0 saturated heterocycles. The summed E-state index contributed by atoms with van der Waals surface area (Å²) < 4.78 is -0.380. The Morgan fingerprint density at radius 1 is 1.08 bits per heavy atom. The third-order valence-corrected chi connectivity index (χ3v) is 3.41. The maximum absolute atomic E-state index is 12.1. The molecule has 78 valence electrons. The van der Waals surface area contributed by atoms with Crippen LogP contribution in [0.15, 0.2) is 0 Å². The van der Waals surface area contributed by atoms with Crippen LogP contribution < -0.4 is 0 Å². The molecule has 0 N–H and O–H groups in total. The average molecular weight is 249 g/mol. The summed E-state index contributed by atoms with van der Waals surface area (Å²) in [6.45, 7) is 10.2. The third kappa shape index (κ3) is 2.80. The summed E-state index contributed by atoms with van der Waals surface area (Å²) >= 11 is 3.45. The molecule has 0 radical (unpaired) electrons. The fourth-order valence-electron chi connectivity index (χ4n) is 1.86. The molecule has 0 saturated carbocycles. The molecule has 0 aromatic heterocycles. The number of alkyl halides is 1. The van der Waals surface area contributed by atoms with Crippen molar-refractivity contribution < 1.29 is 4.79 Å². The Balaban J connectivity index is 4.85. The molecule has 13 heavy (non-hydrogen) atoms. The van der Waals surface area contributed by atoms with Crippen molar-refractivity contribution in [3.8, 4) is 0 Å². The molecule has 0 fully saturated rings. The van der Waals surface area contributed by atoms with Crippen LogP contribution >= 0.6 is 15.9 Å². The monoisotopic (exact) mass is 248 g/mol. The quantitative estimate of drug-likeness (QED) is 0.674. The molecule has 2 heteroatoms. The largest absolute Gasteiger partial charge is 0.298 e. The van der Waals surface area contributed by atoms with Crippen LogP contribution in [-0.2, 0) is 4.79 Å². The zero-order valence-corrected chi connectivity index (χ0v) is 11.0. The first-order valence-corrected chi connectivity index (χ1v) is 5.87. The Morgan fingerprint density at radius 2 is 1.38 bits per heavy atom. The lowest BCUT2D eigenvalue weighted by atomic mass is 9.72. The zero-order valence-electron chi connectivity index (χ0n) is 9.41. The summed E-state index contributed by atoms with van der Waals surface area (Å²) in [6.07, 6.45) is 2.82. The molecular weight excluding hydrogens is 228 g/mol. The van der Waals surface area contributed by atoms with Gasteiger partial charge in [0.15, 0.2) is 5.78 Å². The number of rotatable bonds is 5. The van der Waals surface area contributed by atoms with E-state index in [4.69, 9.17) is 0 Å². The predicted molar refractivity (Wildman–Crippen MR) is 61.3 cm³/mol. The lowest BCUT2D eigenvalue weighted by molar-refractivity contribution is -0.131. The minimum atomic E-state index is -0.380. The molecule has 0 amide bonds. The van der Waals surface area contributed by atoms with Crippen molar-refractivity contribution in [2.75, 3.05) is 0 Å². The number of hydrogen-bond acceptors (Lipinski definition) is 1. The van der Waals surface area contributed by atoms with Crippen molar-refractivity contribution in [3.63, 3.8) is 0 Å². The number of ketones is 1. The molecule has 0 rings (SSSR count). The number of Topliss-reactive ketones (excluding diaryl/α,β-unsaturated/α-hetero) is 1. The SMILES string of the molecule is CCC(CC)(CC)C(=O)C(C)(C)Br. The normalized spacial score (nSPS) is 13.1. The summed E-state index contributed by atoms with van der Waals surface area (Å²) in [5, 5.41) is 0. The Hall–Kier alpha value is 0.150. The maximum atomic E-state index is 12.1. The van der Waals surface area contributed by atoms with E-state index < -0.39 is 0 Å². The number of carbonyl (C=O) groups excluding carboxylic acids is 1. The van der Waals surface area contributed by atoms with Crippen LogP contribution in [0.4, 0.5) is 0 Å². The fraction of sp³-hybridized carbons (Fsp3) is 0.909. The summed E-state index contributed by atoms with van der Waals surface area (Å²) in [5.74, 6) is 0.340. The van der Waals surface area contributed by atoms with E-state index >= 15 is 0 Å². The summed E-state index contributed by atoms with van der Waals surface area (Å²) in [6, 6.07) is 0. The van der Waals surface area contributed by atoms with E-state index in [1.165, 1.54) is 0 Å². The van der Waals surface area contributed by atoms with Crippen LogP contribution in [-0.4, -0.2) is 10.1 Å². The summed E-state index contributed by atoms with van der Waals surface area (Å²) in [5.41, 5.74) is -0.118. The molecule has 0 aliphatic rings. The lowest BCUT2D eigenvalue weighted by Crippen LogP contribution is -2.40. The minimum Gasteiger partial charge on any atom is -0.298 e. The molecule has 0 spiro atoms. The Kier molecular flexibility index (Phi) is 4.64. The van der Waals surface area contributed by atoms with Crippen molar-refractivity contribution in [2.24, 2.45) is 5.41 Å². The first-order chi connectivity index (χ1) is 5.84. The summed E-state index contributed by atoms with van der Waals surface area (Å²) in [4.78, 5) is 12.1. The van der Waals surface area contributed by atoms with Crippen LogP contribution in [0.1, 0.15) is 53.9 Å². The molecule has 0 unspecified atom stereocenters. The highest BCUT2D eigenvalue weighted by Crippen LogP contribution is 2.38. The van der Waals surface area contributed by atoms with E-state index in [9.17, 15) is 4.79 Å². The van der Waals surface area contributed by atoms with Gasteiger partial charge in [-0.2, -0.15) is 0 Å². The van der Waals surface area contributed by atoms with Crippen LogP contribution in [0.2, 0.25) is 0 Å². The Bertz CT molecular complexity index is 167. The third-order valence-electron chi connectivity index (χ3n) is 3.05. The average Bonchev–Trinajstić information content (AvgIpc) is 2.07. The summed E-state index contributed by atoms with van der Waals surface area (Å²) in [7, 11) is 0. The standard InChI is InChI=1S/C11H21BrO/c1-6-11(7-2,8-3)9(13)10(4,5)12/h6-8H2,1-5H3. The van der Waals surface area contributed by atoms with Gasteiger partial charge in [0.25, 0.3) is 0 Å². The van der Waals surface area contributed by atoms with E-state index in [1.807, 2.05) is 13.8 Å². The van der Waals surface area contributed by atoms with Crippen molar-refractivity contribution in [1.29, 1.82) is 0 Å². The van der Waals surface area contributed by atoms with Crippen LogP contribution in [0.5, 0.6) is 0 Å². The first kappa shape index (κ1) is 13.2. The van der Waals surface area contributed by atoms with E-state index in [0.717, 1.165) is 19.3 Å². The highest BCUT2D eigenvalue weighted by atomic mass is 79.9. The Morgan fingerprint density at radius 3 is 1.46 bits per heavy atom. The topological polar surface area (TPSA) is 17.1 Å². The molecule has 0 aliphatic carbocycles. The van der Waals surface area contributed by atoms with Gasteiger partial charge in [0.2, 0.25) is 0 Å². The molecule has 0 heterocycles. The Labute approximate surface area is 90.4 Å². The highest BCUT2D eigenvalue weighted by molar-refractivity contribution is 9.10. The second-order valence-corrected chi connectivity index (χ2v) is 6.13. The molecule has 0 bridgehead atoms. The highest BCUT2D eigenvalue weighted by Gasteiger charge is 2.40. The maximum Gasteiger partial charge on any atom is 0.155 e. The fourth-order valence-corrected chi connectivity index (χ4v) is 2.28. The zero-order chi connectivity index (χ0) is 10.7. The van der Waals surface area contributed by atoms with Gasteiger partial charge in [0.05, 0.1) is 4.32 Å². The van der Waals surface area contributed by atoms with Crippen molar-refractivity contribution in [3.05, 3.63) is 0 Å². The first-order valence-electron chi connectivity index (χ1n) is 5.08. The molecule has 1 nitrogen and oxygen atoms in total. The lowest BCUT2D eigenvalue weighted by Gasteiger charge is -2.34. The smallest absolute Gasteiger partial charge is 0.155 e. The van der Waals surface area contributed by atoms with E-state index in [1.54, 1.807) is 0 Å². The van der Waals surface area contributed by atoms with Crippen LogP contribution in [0.3, 0.4) is 0 Å². The van der Waals surface area contributed by atoms with Gasteiger partial charge >= 0.3 is 0 Å². The van der Waals surface area contributed by atoms with Gasteiger partial charge in [-0.25, -0.2) is 0 Å². The van der Waals surface area contributed by atoms with Gasteiger partial charge in [-0.05, 0) is 33.1 Å². The second kappa shape index (κ2) is 4.59. The van der Waals surface area contributed by atoms with E-state index in [0.29, 0.717) is 5.78 Å². The van der Waals surface area contributed by atoms with Crippen LogP contribution in [0, 0.1) is 5.41 Å². The molecule has 0 atom stereocenters. The minimum absolute atomic E-state index is 0.118. The molecule has 0 aromatic rings. The van der Waals surface area contributed by atoms with Gasteiger partial charge in [-0.1, -0.05) is 36.7 Å². The van der Waals surface area contributed by atoms with E-state index in [-0.39, 0.29) is 9.74 Å². The predicted octanol–water partition coefficient (Wildman–Crippen LogP) is 3.95. The number of halogens is 1. The van der Waals surface area contributed by atoms with Gasteiger partial charge < -0.3 is 0 Å². The van der Waals surface area contributed by atoms with Crippen molar-refractivity contribution >= 4 is 21.7 Å².